The van der Waals surface area contributed by atoms with Crippen molar-refractivity contribution in [2.75, 3.05) is 40.9 Å². The van der Waals surface area contributed by atoms with Crippen LogP contribution in [0.1, 0.15) is 30.2 Å². The van der Waals surface area contributed by atoms with Crippen LogP contribution in [-0.2, 0) is 4.79 Å². The Bertz CT molecular complexity index is 1580. The third-order valence-corrected chi connectivity index (χ3v) is 6.94. The number of fused-ring (bicyclic) bond motifs is 1. The average molecular weight is 577 g/mol. The predicted molar refractivity (Wildman–Crippen MR) is 163 cm³/mol. The number of halogens is 2. The van der Waals surface area contributed by atoms with Gasteiger partial charge in [-0.15, -0.1) is 0 Å². The van der Waals surface area contributed by atoms with E-state index >= 15 is 4.39 Å². The van der Waals surface area contributed by atoms with Gasteiger partial charge in [-0.2, -0.15) is 9.37 Å². The van der Waals surface area contributed by atoms with Crippen LogP contribution in [0.4, 0.5) is 4.39 Å². The second-order valence-electron chi connectivity index (χ2n) is 9.47. The summed E-state index contributed by atoms with van der Waals surface area (Å²) in [6.45, 7) is 3.30. The van der Waals surface area contributed by atoms with Crippen LogP contribution in [0, 0.1) is 5.95 Å². The van der Waals surface area contributed by atoms with Crippen molar-refractivity contribution < 1.29 is 18.7 Å². The number of methoxy groups -OCH3 is 1. The number of allylic oxidation sites excluding steroid dienone is 1. The molecule has 0 spiro atoms. The molecule has 0 saturated carbocycles. The molecule has 2 N–H and O–H groups in total. The Morgan fingerprint density at radius 2 is 1.95 bits per heavy atom. The number of para-hydroxylation sites is 1. The van der Waals surface area contributed by atoms with Crippen molar-refractivity contribution in [2.45, 2.75) is 13.3 Å². The van der Waals surface area contributed by atoms with E-state index in [9.17, 15) is 4.79 Å². The van der Waals surface area contributed by atoms with Gasteiger partial charge >= 0.3 is 0 Å². The molecule has 1 amide bonds. The number of ether oxygens (including phenoxy) is 2. The zero-order valence-electron chi connectivity index (χ0n) is 23.6. The van der Waals surface area contributed by atoms with Gasteiger partial charge in [0.2, 0.25) is 17.7 Å². The van der Waals surface area contributed by atoms with Gasteiger partial charge < -0.3 is 24.7 Å². The molecule has 214 valence electrons. The first-order valence-corrected chi connectivity index (χ1v) is 13.7. The van der Waals surface area contributed by atoms with Crippen molar-refractivity contribution in [2.24, 2.45) is 0 Å². The number of carbonyl (C=O) groups excluding carboxylic acids is 1. The van der Waals surface area contributed by atoms with Crippen molar-refractivity contribution in [3.63, 3.8) is 0 Å². The maximum atomic E-state index is 15.8. The van der Waals surface area contributed by atoms with Crippen LogP contribution >= 0.6 is 11.6 Å². The summed E-state index contributed by atoms with van der Waals surface area (Å²) in [7, 11) is 5.01. The Morgan fingerprint density at radius 1 is 1.15 bits per heavy atom. The Morgan fingerprint density at radius 3 is 2.66 bits per heavy atom. The van der Waals surface area contributed by atoms with E-state index in [1.54, 1.807) is 39.4 Å². The first kappa shape index (κ1) is 29.8. The van der Waals surface area contributed by atoms with Crippen LogP contribution in [0.5, 0.6) is 11.6 Å². The van der Waals surface area contributed by atoms with Crippen molar-refractivity contribution >= 4 is 39.6 Å². The van der Waals surface area contributed by atoms with Gasteiger partial charge in [0.1, 0.15) is 12.4 Å². The lowest BCUT2D eigenvalue weighted by atomic mass is 9.91. The third-order valence-electron chi connectivity index (χ3n) is 6.55. The minimum Gasteiger partial charge on any atom is -0.497 e. The zero-order chi connectivity index (χ0) is 29.4. The van der Waals surface area contributed by atoms with Crippen molar-refractivity contribution in [3.8, 4) is 11.6 Å². The Balaban J connectivity index is 1.63. The van der Waals surface area contributed by atoms with Gasteiger partial charge in [-0.3, -0.25) is 4.79 Å². The highest BCUT2D eigenvalue weighted by atomic mass is 35.5. The van der Waals surface area contributed by atoms with E-state index in [0.717, 1.165) is 22.0 Å². The molecule has 0 aliphatic carbocycles. The van der Waals surface area contributed by atoms with Crippen LogP contribution in [-0.4, -0.2) is 61.7 Å². The molecule has 4 aromatic rings. The normalized spacial score (nSPS) is 12.0. The summed E-state index contributed by atoms with van der Waals surface area (Å²) in [4.78, 5) is 20.6. The summed E-state index contributed by atoms with van der Waals surface area (Å²) in [5.74, 6) is 0.126. The highest BCUT2D eigenvalue weighted by Crippen LogP contribution is 2.41. The average Bonchev–Trinajstić information content (AvgIpc) is 3.31. The highest BCUT2D eigenvalue weighted by Gasteiger charge is 2.23. The number of aromatic nitrogens is 2. The summed E-state index contributed by atoms with van der Waals surface area (Å²) in [5, 5.41) is 4.51. The van der Waals surface area contributed by atoms with Gasteiger partial charge in [0.25, 0.3) is 0 Å². The highest BCUT2D eigenvalue weighted by molar-refractivity contribution is 6.38. The summed E-state index contributed by atoms with van der Waals surface area (Å²) < 4.78 is 26.9. The molecule has 0 fully saturated rings. The minimum atomic E-state index is -0.667. The molecule has 41 heavy (non-hydrogen) atoms. The van der Waals surface area contributed by atoms with Crippen LogP contribution < -0.4 is 14.8 Å². The van der Waals surface area contributed by atoms with Gasteiger partial charge in [0.15, 0.2) is 0 Å². The second kappa shape index (κ2) is 14.0. The number of benzene rings is 2. The maximum Gasteiger partial charge on any atom is 0.245 e. The van der Waals surface area contributed by atoms with Crippen molar-refractivity contribution in [1.29, 1.82) is 0 Å². The number of H-pyrrole nitrogens is 1. The number of hydrogen-bond acceptors (Lipinski definition) is 5. The molecule has 2 aromatic carbocycles. The molecule has 0 radical (unpaired) electrons. The molecule has 9 heteroatoms. The number of hydrogen-bond donors (Lipinski definition) is 2. The number of carbonyl (C=O) groups is 1. The first-order valence-electron chi connectivity index (χ1n) is 13.4. The van der Waals surface area contributed by atoms with Gasteiger partial charge in [-0.05, 0) is 41.8 Å². The van der Waals surface area contributed by atoms with Crippen LogP contribution in [0.25, 0.3) is 22.0 Å². The van der Waals surface area contributed by atoms with Crippen LogP contribution in [0.3, 0.4) is 0 Å². The number of nitrogens with zero attached hydrogens (tertiary/aromatic N) is 2. The number of amides is 1. The van der Waals surface area contributed by atoms with E-state index < -0.39 is 5.95 Å². The fourth-order valence-electron chi connectivity index (χ4n) is 4.47. The Kier molecular flexibility index (Phi) is 10.2. The standard InChI is InChI=1S/C32H34ClFN4O3/c1-5-23(21-10-8-11-22(20-21)40-4)29(31-30(33)24-12-6-7-13-26(24)36-31)25-15-16-27(37-32(25)34)41-19-18-35-17-9-14-28(39)38(2)3/h6-16,20,35-36H,5,17-19H2,1-4H3/b14-9+,29-23+. The predicted octanol–water partition coefficient (Wildman–Crippen LogP) is 6.35. The molecule has 4 rings (SSSR count). The smallest absolute Gasteiger partial charge is 0.245 e. The summed E-state index contributed by atoms with van der Waals surface area (Å²) >= 11 is 6.90. The lowest BCUT2D eigenvalue weighted by Gasteiger charge is -2.17. The van der Waals surface area contributed by atoms with E-state index in [1.807, 2.05) is 55.5 Å². The molecule has 0 aliphatic rings. The Hall–Kier alpha value is -4.14. The summed E-state index contributed by atoms with van der Waals surface area (Å²) in [6, 6.07) is 18.7. The van der Waals surface area contributed by atoms with Crippen LogP contribution in [0.15, 0.2) is 72.8 Å². The molecule has 0 atom stereocenters. The zero-order valence-corrected chi connectivity index (χ0v) is 24.4. The maximum absolute atomic E-state index is 15.8. The van der Waals surface area contributed by atoms with Crippen molar-refractivity contribution in [1.82, 2.24) is 20.2 Å². The topological polar surface area (TPSA) is 79.5 Å². The van der Waals surface area contributed by atoms with Gasteiger partial charge in [-0.25, -0.2) is 0 Å². The first-order chi connectivity index (χ1) is 19.8. The molecule has 0 bridgehead atoms. The number of aromatic amines is 1. The second-order valence-corrected chi connectivity index (χ2v) is 9.85. The molecule has 2 heterocycles. The lowest BCUT2D eigenvalue weighted by Crippen LogP contribution is -2.22. The molecule has 0 aliphatic heterocycles. The van der Waals surface area contributed by atoms with Gasteiger partial charge in [-0.1, -0.05) is 54.9 Å². The fraction of sp³-hybridized carbons (Fsp3) is 0.250. The van der Waals surface area contributed by atoms with E-state index in [4.69, 9.17) is 21.1 Å². The Labute approximate surface area is 244 Å². The summed E-state index contributed by atoms with van der Waals surface area (Å²) in [5.41, 5.74) is 4.18. The van der Waals surface area contributed by atoms with Crippen molar-refractivity contribution in [3.05, 3.63) is 101 Å². The molecule has 0 unspecified atom stereocenters. The molecule has 0 saturated heterocycles. The quantitative estimate of drug-likeness (QED) is 0.117. The van der Waals surface area contributed by atoms with E-state index in [-0.39, 0.29) is 18.4 Å². The third kappa shape index (κ3) is 7.14. The van der Waals surface area contributed by atoms with Gasteiger partial charge in [0.05, 0.1) is 17.8 Å². The number of rotatable bonds is 12. The SMILES string of the molecule is CC/C(=C(/c1ccc(OCCNC/C=C/C(=O)N(C)C)nc1F)c1[nH]c2ccccc2c1Cl)c1cccc(OC)c1. The number of pyridine rings is 1. The van der Waals surface area contributed by atoms with E-state index in [0.29, 0.717) is 47.1 Å². The van der Waals surface area contributed by atoms with Crippen LogP contribution in [0.2, 0.25) is 5.02 Å². The molecular weight excluding hydrogens is 543 g/mol. The fourth-order valence-corrected chi connectivity index (χ4v) is 4.78. The number of likely N-dealkylation sites (N-methyl/N-ethyl adjacent to an activating group) is 1. The lowest BCUT2D eigenvalue weighted by molar-refractivity contribution is -0.123. The number of nitrogens with one attached hydrogen (secondary N) is 2. The molecule has 2 aromatic heterocycles. The van der Waals surface area contributed by atoms with E-state index in [1.165, 1.54) is 11.0 Å². The van der Waals surface area contributed by atoms with Gasteiger partial charge in [0, 0.05) is 61.4 Å². The molecule has 7 nitrogen and oxygen atoms in total. The largest absolute Gasteiger partial charge is 0.497 e. The van der Waals surface area contributed by atoms with E-state index in [2.05, 4.69) is 15.3 Å². The summed E-state index contributed by atoms with van der Waals surface area (Å²) in [6.07, 6.45) is 3.85. The minimum absolute atomic E-state index is 0.0809. The molecular formula is C32H34ClFN4O3. The monoisotopic (exact) mass is 576 g/mol.